The van der Waals surface area contributed by atoms with E-state index in [4.69, 9.17) is 0 Å². The standard InChI is InChI=1S/C20H18FN5O/c1-13-11-22-8-6-16(13)17-3-5-19(25-24-17)26-9-7-15(20(26)27)10-14-2-4-18(21)23-12-14/h2-6,8,11-12,15H,7,9-10H2,1H3. The van der Waals surface area contributed by atoms with Crippen LogP contribution in [0.15, 0.2) is 48.9 Å². The van der Waals surface area contributed by atoms with Crippen LogP contribution in [0.5, 0.6) is 0 Å². The zero-order chi connectivity index (χ0) is 18.8. The molecule has 1 unspecified atom stereocenters. The smallest absolute Gasteiger partial charge is 0.231 e. The first kappa shape index (κ1) is 17.2. The molecule has 4 rings (SSSR count). The van der Waals surface area contributed by atoms with E-state index >= 15 is 0 Å². The van der Waals surface area contributed by atoms with Crippen molar-refractivity contribution in [3.8, 4) is 11.3 Å². The van der Waals surface area contributed by atoms with Crippen LogP contribution in [0.2, 0.25) is 0 Å². The van der Waals surface area contributed by atoms with Gasteiger partial charge in [-0.15, -0.1) is 10.2 Å². The normalized spacial score (nSPS) is 16.7. The summed E-state index contributed by atoms with van der Waals surface area (Å²) in [6.45, 7) is 2.57. The van der Waals surface area contributed by atoms with Gasteiger partial charge in [0.25, 0.3) is 0 Å². The second-order valence-corrected chi connectivity index (χ2v) is 6.64. The quantitative estimate of drug-likeness (QED) is 0.667. The zero-order valence-electron chi connectivity index (χ0n) is 14.8. The Morgan fingerprint density at radius 3 is 2.74 bits per heavy atom. The topological polar surface area (TPSA) is 71.9 Å². The van der Waals surface area contributed by atoms with E-state index in [1.165, 1.54) is 12.3 Å². The molecule has 0 spiro atoms. The molecule has 0 aromatic carbocycles. The summed E-state index contributed by atoms with van der Waals surface area (Å²) in [5.74, 6) is -0.101. The lowest BCUT2D eigenvalue weighted by Gasteiger charge is -2.15. The molecule has 0 N–H and O–H groups in total. The van der Waals surface area contributed by atoms with Crippen molar-refractivity contribution < 1.29 is 9.18 Å². The van der Waals surface area contributed by atoms with Crippen LogP contribution in [0, 0.1) is 18.8 Å². The molecule has 1 saturated heterocycles. The Hall–Kier alpha value is -3.22. The number of amides is 1. The van der Waals surface area contributed by atoms with Gasteiger partial charge in [-0.2, -0.15) is 4.39 Å². The minimum absolute atomic E-state index is 0.0152. The van der Waals surface area contributed by atoms with Gasteiger partial charge in [0.15, 0.2) is 5.82 Å². The molecule has 1 fully saturated rings. The predicted molar refractivity (Wildman–Crippen MR) is 98.4 cm³/mol. The number of pyridine rings is 2. The molecule has 136 valence electrons. The summed E-state index contributed by atoms with van der Waals surface area (Å²) in [4.78, 5) is 22.1. The SMILES string of the molecule is Cc1cnccc1-c1ccc(N2CCC(Cc3ccc(F)nc3)C2=O)nn1. The summed E-state index contributed by atoms with van der Waals surface area (Å²) < 4.78 is 12.9. The maximum Gasteiger partial charge on any atom is 0.231 e. The van der Waals surface area contributed by atoms with Crippen LogP contribution in [0.4, 0.5) is 10.2 Å². The molecule has 1 aliphatic rings. The number of aromatic nitrogens is 4. The van der Waals surface area contributed by atoms with Gasteiger partial charge in [0.1, 0.15) is 0 Å². The fourth-order valence-electron chi connectivity index (χ4n) is 3.34. The van der Waals surface area contributed by atoms with Crippen molar-refractivity contribution in [3.05, 3.63) is 66.0 Å². The van der Waals surface area contributed by atoms with E-state index in [0.717, 1.165) is 28.8 Å². The first-order valence-electron chi connectivity index (χ1n) is 8.78. The van der Waals surface area contributed by atoms with Crippen LogP contribution < -0.4 is 4.90 Å². The number of hydrogen-bond donors (Lipinski definition) is 0. The van der Waals surface area contributed by atoms with Crippen LogP contribution in [0.25, 0.3) is 11.3 Å². The zero-order valence-corrected chi connectivity index (χ0v) is 14.8. The molecule has 1 atom stereocenters. The summed E-state index contributed by atoms with van der Waals surface area (Å²) in [7, 11) is 0. The van der Waals surface area contributed by atoms with E-state index in [1.807, 2.05) is 25.1 Å². The van der Waals surface area contributed by atoms with Gasteiger partial charge < -0.3 is 0 Å². The Morgan fingerprint density at radius 2 is 2.04 bits per heavy atom. The third kappa shape index (κ3) is 3.53. The van der Waals surface area contributed by atoms with E-state index in [-0.39, 0.29) is 11.8 Å². The summed E-state index contributed by atoms with van der Waals surface area (Å²) in [5.41, 5.74) is 3.59. The van der Waals surface area contributed by atoms with Crippen molar-refractivity contribution in [2.24, 2.45) is 5.92 Å². The van der Waals surface area contributed by atoms with Gasteiger partial charge in [-0.25, -0.2) is 4.98 Å². The van der Waals surface area contributed by atoms with Crippen molar-refractivity contribution in [2.75, 3.05) is 11.4 Å². The first-order valence-corrected chi connectivity index (χ1v) is 8.78. The maximum atomic E-state index is 12.9. The fourth-order valence-corrected chi connectivity index (χ4v) is 3.34. The molecule has 3 aromatic heterocycles. The van der Waals surface area contributed by atoms with E-state index in [1.54, 1.807) is 23.4 Å². The average molecular weight is 363 g/mol. The number of hydrogen-bond acceptors (Lipinski definition) is 5. The van der Waals surface area contributed by atoms with E-state index < -0.39 is 5.95 Å². The van der Waals surface area contributed by atoms with Gasteiger partial charge in [-0.3, -0.25) is 14.7 Å². The van der Waals surface area contributed by atoms with E-state index in [2.05, 4.69) is 20.2 Å². The second kappa shape index (κ2) is 7.19. The Balaban J connectivity index is 1.48. The Morgan fingerprint density at radius 1 is 1.15 bits per heavy atom. The monoisotopic (exact) mass is 363 g/mol. The summed E-state index contributed by atoms with van der Waals surface area (Å²) in [6.07, 6.45) is 6.25. The lowest BCUT2D eigenvalue weighted by atomic mass is 9.99. The van der Waals surface area contributed by atoms with E-state index in [0.29, 0.717) is 18.8 Å². The average Bonchev–Trinajstić information content (AvgIpc) is 3.05. The molecule has 0 bridgehead atoms. The Kier molecular flexibility index (Phi) is 4.58. The van der Waals surface area contributed by atoms with Crippen molar-refractivity contribution in [1.29, 1.82) is 0 Å². The van der Waals surface area contributed by atoms with Crippen LogP contribution in [0.1, 0.15) is 17.5 Å². The lowest BCUT2D eigenvalue weighted by Crippen LogP contribution is -2.28. The minimum atomic E-state index is -0.516. The van der Waals surface area contributed by atoms with Gasteiger partial charge in [-0.05, 0) is 55.2 Å². The first-order chi connectivity index (χ1) is 13.1. The number of halogens is 1. The highest BCUT2D eigenvalue weighted by Gasteiger charge is 2.33. The molecular formula is C20H18FN5O. The van der Waals surface area contributed by atoms with Gasteiger partial charge >= 0.3 is 0 Å². The molecule has 7 heteroatoms. The van der Waals surface area contributed by atoms with Crippen LogP contribution in [-0.4, -0.2) is 32.6 Å². The van der Waals surface area contributed by atoms with Crippen molar-refractivity contribution in [3.63, 3.8) is 0 Å². The molecule has 0 aliphatic carbocycles. The fraction of sp³-hybridized carbons (Fsp3) is 0.250. The Bertz CT molecular complexity index is 959. The summed E-state index contributed by atoms with van der Waals surface area (Å²) >= 11 is 0. The van der Waals surface area contributed by atoms with Gasteiger partial charge in [0.05, 0.1) is 5.69 Å². The molecule has 3 aromatic rings. The number of carbonyl (C=O) groups excluding carboxylic acids is 1. The third-order valence-electron chi connectivity index (χ3n) is 4.81. The molecule has 0 radical (unpaired) electrons. The van der Waals surface area contributed by atoms with E-state index in [9.17, 15) is 9.18 Å². The molecule has 4 heterocycles. The van der Waals surface area contributed by atoms with Crippen molar-refractivity contribution in [1.82, 2.24) is 20.2 Å². The van der Waals surface area contributed by atoms with Gasteiger partial charge in [-0.1, -0.05) is 6.07 Å². The largest absolute Gasteiger partial charge is 0.295 e. The minimum Gasteiger partial charge on any atom is -0.295 e. The highest BCUT2D eigenvalue weighted by atomic mass is 19.1. The molecule has 1 amide bonds. The molecule has 6 nitrogen and oxygen atoms in total. The number of carbonyl (C=O) groups is 1. The van der Waals surface area contributed by atoms with Gasteiger partial charge in [0.2, 0.25) is 11.9 Å². The molecule has 27 heavy (non-hydrogen) atoms. The third-order valence-corrected chi connectivity index (χ3v) is 4.81. The highest BCUT2D eigenvalue weighted by molar-refractivity contribution is 5.96. The lowest BCUT2D eigenvalue weighted by molar-refractivity contribution is -0.120. The summed E-state index contributed by atoms with van der Waals surface area (Å²) in [6, 6.07) is 8.58. The second-order valence-electron chi connectivity index (χ2n) is 6.64. The van der Waals surface area contributed by atoms with Crippen molar-refractivity contribution in [2.45, 2.75) is 19.8 Å². The number of rotatable bonds is 4. The summed E-state index contributed by atoms with van der Waals surface area (Å²) in [5, 5.41) is 8.54. The Labute approximate surface area is 156 Å². The molecule has 1 aliphatic heterocycles. The number of anilines is 1. The molecule has 0 saturated carbocycles. The van der Waals surface area contributed by atoms with Crippen LogP contribution in [-0.2, 0) is 11.2 Å². The number of aryl methyl sites for hydroxylation is 1. The van der Waals surface area contributed by atoms with Crippen LogP contribution in [0.3, 0.4) is 0 Å². The van der Waals surface area contributed by atoms with Gasteiger partial charge in [0, 0.05) is 36.6 Å². The maximum absolute atomic E-state index is 12.9. The predicted octanol–water partition coefficient (Wildman–Crippen LogP) is 2.98. The van der Waals surface area contributed by atoms with Crippen molar-refractivity contribution >= 4 is 11.7 Å². The van der Waals surface area contributed by atoms with Crippen LogP contribution >= 0.6 is 0 Å². The number of nitrogens with zero attached hydrogens (tertiary/aromatic N) is 5. The highest BCUT2D eigenvalue weighted by Crippen LogP contribution is 2.27. The molecular weight excluding hydrogens is 345 g/mol.